The Kier molecular flexibility index (Phi) is 10.6. The van der Waals surface area contributed by atoms with E-state index in [0.29, 0.717) is 0 Å². The van der Waals surface area contributed by atoms with Gasteiger partial charge in [-0.1, -0.05) is 52.5 Å². The summed E-state index contributed by atoms with van der Waals surface area (Å²) >= 11 is 0. The van der Waals surface area contributed by atoms with Gasteiger partial charge in [0.2, 0.25) is 0 Å². The Morgan fingerprint density at radius 1 is 1.00 bits per heavy atom. The van der Waals surface area contributed by atoms with Crippen molar-refractivity contribution in [1.82, 2.24) is 4.98 Å². The molecule has 0 N–H and O–H groups in total. The van der Waals surface area contributed by atoms with E-state index in [1.54, 1.807) is 0 Å². The Bertz CT molecular complexity index is 204. The minimum absolute atomic E-state index is 1.17. The molecule has 0 aliphatic rings. The zero-order valence-corrected chi connectivity index (χ0v) is 10.5. The van der Waals surface area contributed by atoms with Gasteiger partial charge < -0.3 is 0 Å². The predicted molar refractivity (Wildman–Crippen MR) is 68.0 cm³/mol. The molecule has 0 amide bonds. The summed E-state index contributed by atoms with van der Waals surface area (Å²) in [5.41, 5.74) is 1.35. The van der Waals surface area contributed by atoms with E-state index >= 15 is 0 Å². The highest BCUT2D eigenvalue weighted by Gasteiger charge is 1.88. The molecule has 1 nitrogen and oxygen atoms in total. The van der Waals surface area contributed by atoms with E-state index in [0.717, 1.165) is 0 Å². The van der Waals surface area contributed by atoms with Crippen LogP contribution in [0.2, 0.25) is 0 Å². The molecule has 1 aromatic rings. The number of hydrogen-bond acceptors (Lipinski definition) is 1. The van der Waals surface area contributed by atoms with Crippen LogP contribution in [0.4, 0.5) is 0 Å². The van der Waals surface area contributed by atoms with Crippen molar-refractivity contribution in [3.05, 3.63) is 30.1 Å². The molecule has 0 atom stereocenters. The quantitative estimate of drug-likeness (QED) is 0.686. The molecule has 0 aliphatic carbocycles. The zero-order chi connectivity index (χ0) is 11.4. The molecule has 1 aromatic heterocycles. The highest BCUT2D eigenvalue weighted by Crippen LogP contribution is 2.01. The predicted octanol–water partition coefficient (Wildman–Crippen LogP) is 4.62. The molecule has 1 heteroatoms. The molecule has 0 saturated heterocycles. The SMILES string of the molecule is CCCCC.CCCCc1cccnc1. The first kappa shape index (κ1) is 14.2. The highest BCUT2D eigenvalue weighted by molar-refractivity contribution is 5.07. The summed E-state index contributed by atoms with van der Waals surface area (Å²) in [6.07, 6.45) is 11.5. The number of hydrogen-bond donors (Lipinski definition) is 0. The van der Waals surface area contributed by atoms with Crippen LogP contribution < -0.4 is 0 Å². The number of nitrogens with zero attached hydrogens (tertiary/aromatic N) is 1. The van der Waals surface area contributed by atoms with Crippen LogP contribution in [0.5, 0.6) is 0 Å². The van der Waals surface area contributed by atoms with Crippen LogP contribution in [-0.2, 0) is 6.42 Å². The zero-order valence-electron chi connectivity index (χ0n) is 10.5. The van der Waals surface area contributed by atoms with Gasteiger partial charge in [-0.15, -0.1) is 0 Å². The van der Waals surface area contributed by atoms with E-state index < -0.39 is 0 Å². The second-order valence-electron chi connectivity index (χ2n) is 3.82. The van der Waals surface area contributed by atoms with Crippen molar-refractivity contribution in [1.29, 1.82) is 0 Å². The average molecular weight is 207 g/mol. The lowest BCUT2D eigenvalue weighted by atomic mass is 10.1. The van der Waals surface area contributed by atoms with Crippen LogP contribution in [0.25, 0.3) is 0 Å². The molecule has 0 saturated carbocycles. The molecule has 86 valence electrons. The molecular weight excluding hydrogens is 182 g/mol. The first-order chi connectivity index (χ1) is 7.35. The lowest BCUT2D eigenvalue weighted by molar-refractivity contribution is 0.772. The Morgan fingerprint density at radius 2 is 1.67 bits per heavy atom. The van der Waals surface area contributed by atoms with E-state index in [1.165, 1.54) is 44.1 Å². The van der Waals surface area contributed by atoms with Crippen LogP contribution >= 0.6 is 0 Å². The van der Waals surface area contributed by atoms with Gasteiger partial charge in [0, 0.05) is 12.4 Å². The van der Waals surface area contributed by atoms with E-state index in [2.05, 4.69) is 31.8 Å². The van der Waals surface area contributed by atoms with Gasteiger partial charge in [-0.3, -0.25) is 4.98 Å². The second-order valence-corrected chi connectivity index (χ2v) is 3.82. The first-order valence-electron chi connectivity index (χ1n) is 6.24. The van der Waals surface area contributed by atoms with Crippen molar-refractivity contribution in [2.75, 3.05) is 0 Å². The van der Waals surface area contributed by atoms with Gasteiger partial charge in [0.15, 0.2) is 0 Å². The van der Waals surface area contributed by atoms with Gasteiger partial charge in [0.25, 0.3) is 0 Å². The summed E-state index contributed by atoms with van der Waals surface area (Å²) in [4.78, 5) is 4.04. The summed E-state index contributed by atoms with van der Waals surface area (Å²) in [7, 11) is 0. The van der Waals surface area contributed by atoms with Gasteiger partial charge in [-0.25, -0.2) is 0 Å². The fourth-order valence-electron chi connectivity index (χ4n) is 1.28. The minimum Gasteiger partial charge on any atom is -0.264 e. The van der Waals surface area contributed by atoms with E-state index in [4.69, 9.17) is 0 Å². The molecule has 0 unspecified atom stereocenters. The lowest BCUT2D eigenvalue weighted by Crippen LogP contribution is -1.83. The maximum atomic E-state index is 4.04. The van der Waals surface area contributed by atoms with Crippen LogP contribution in [0, 0.1) is 0 Å². The Hall–Kier alpha value is -0.850. The molecule has 1 heterocycles. The van der Waals surface area contributed by atoms with Gasteiger partial charge >= 0.3 is 0 Å². The van der Waals surface area contributed by atoms with Crippen molar-refractivity contribution in [3.8, 4) is 0 Å². The number of aromatic nitrogens is 1. The molecule has 15 heavy (non-hydrogen) atoms. The number of unbranched alkanes of at least 4 members (excludes halogenated alkanes) is 3. The summed E-state index contributed by atoms with van der Waals surface area (Å²) in [5.74, 6) is 0. The highest BCUT2D eigenvalue weighted by atomic mass is 14.6. The third-order valence-electron chi connectivity index (χ3n) is 2.25. The van der Waals surface area contributed by atoms with Crippen LogP contribution in [0.3, 0.4) is 0 Å². The van der Waals surface area contributed by atoms with Crippen molar-refractivity contribution in [3.63, 3.8) is 0 Å². The van der Waals surface area contributed by atoms with Gasteiger partial charge in [0.1, 0.15) is 0 Å². The van der Waals surface area contributed by atoms with Gasteiger partial charge in [-0.2, -0.15) is 0 Å². The smallest absolute Gasteiger partial charge is 0.0299 e. The Labute approximate surface area is 94.9 Å². The molecule has 0 aliphatic heterocycles. The fourth-order valence-corrected chi connectivity index (χ4v) is 1.28. The first-order valence-corrected chi connectivity index (χ1v) is 6.24. The van der Waals surface area contributed by atoms with Crippen molar-refractivity contribution < 1.29 is 0 Å². The Balaban J connectivity index is 0.000000336. The normalized spacial score (nSPS) is 9.27. The molecule has 0 aromatic carbocycles. The topological polar surface area (TPSA) is 12.9 Å². The van der Waals surface area contributed by atoms with E-state index in [1.807, 2.05) is 18.5 Å². The molecule has 0 fully saturated rings. The molecule has 0 spiro atoms. The number of pyridine rings is 1. The maximum absolute atomic E-state index is 4.04. The summed E-state index contributed by atoms with van der Waals surface area (Å²) < 4.78 is 0. The second kappa shape index (κ2) is 11.2. The third kappa shape index (κ3) is 9.45. The molecular formula is C14H25N. The van der Waals surface area contributed by atoms with Crippen molar-refractivity contribution >= 4 is 0 Å². The largest absolute Gasteiger partial charge is 0.264 e. The van der Waals surface area contributed by atoms with Crippen molar-refractivity contribution in [2.45, 2.75) is 59.3 Å². The van der Waals surface area contributed by atoms with E-state index in [9.17, 15) is 0 Å². The molecule has 1 rings (SSSR count). The maximum Gasteiger partial charge on any atom is 0.0299 e. The van der Waals surface area contributed by atoms with Crippen LogP contribution in [-0.4, -0.2) is 4.98 Å². The third-order valence-corrected chi connectivity index (χ3v) is 2.25. The van der Waals surface area contributed by atoms with Gasteiger partial charge in [-0.05, 0) is 24.5 Å². The monoisotopic (exact) mass is 207 g/mol. The van der Waals surface area contributed by atoms with Crippen LogP contribution in [0.1, 0.15) is 58.4 Å². The fraction of sp³-hybridized carbons (Fsp3) is 0.643. The van der Waals surface area contributed by atoms with Crippen molar-refractivity contribution in [2.24, 2.45) is 0 Å². The number of rotatable bonds is 5. The average Bonchev–Trinajstić information content (AvgIpc) is 2.30. The van der Waals surface area contributed by atoms with E-state index in [-0.39, 0.29) is 0 Å². The van der Waals surface area contributed by atoms with Crippen LogP contribution in [0.15, 0.2) is 24.5 Å². The Morgan fingerprint density at radius 3 is 2.07 bits per heavy atom. The molecule has 0 bridgehead atoms. The summed E-state index contributed by atoms with van der Waals surface area (Å²) in [6, 6.07) is 4.12. The number of aryl methyl sites for hydroxylation is 1. The lowest BCUT2D eigenvalue weighted by Gasteiger charge is -1.95. The summed E-state index contributed by atoms with van der Waals surface area (Å²) in [6.45, 7) is 6.63. The standard InChI is InChI=1S/C9H13N.C5H12/c1-2-3-5-9-6-4-7-10-8-9;1-3-5-4-2/h4,6-8H,2-3,5H2,1H3;3-5H2,1-2H3. The van der Waals surface area contributed by atoms with Gasteiger partial charge in [0.05, 0.1) is 0 Å². The minimum atomic E-state index is 1.17. The molecule has 0 radical (unpaired) electrons. The summed E-state index contributed by atoms with van der Waals surface area (Å²) in [5, 5.41) is 0.